The van der Waals surface area contributed by atoms with Crippen LogP contribution in [0.15, 0.2) is 52.5 Å². The number of rotatable bonds is 7. The molecule has 5 aliphatic rings. The first-order valence-electron chi connectivity index (χ1n) is 22.1. The number of nitrogens with one attached hydrogen (secondary N) is 3. The summed E-state index contributed by atoms with van der Waals surface area (Å²) >= 11 is 0. The lowest BCUT2D eigenvalue weighted by Crippen LogP contribution is -2.50. The number of aliphatic hydroxyl groups is 2. The first kappa shape index (κ1) is 47.2. The Hall–Kier alpha value is -5.32. The van der Waals surface area contributed by atoms with Gasteiger partial charge in [0.25, 0.3) is 11.7 Å². The summed E-state index contributed by atoms with van der Waals surface area (Å²) in [6, 6.07) is 0. The number of ketones is 2. The summed E-state index contributed by atoms with van der Waals surface area (Å²) in [5.74, 6) is -6.19. The topological polar surface area (TPSA) is 225 Å². The van der Waals surface area contributed by atoms with Crippen LogP contribution in [0.3, 0.4) is 0 Å². The van der Waals surface area contributed by atoms with E-state index in [-0.39, 0.29) is 69.9 Å². The number of phenols is 1. The number of nitrogens with zero attached hydrogens (tertiary/aromatic N) is 2. The Balaban J connectivity index is 1.39. The Bertz CT molecular complexity index is 2160. The second-order valence-electron chi connectivity index (χ2n) is 18.1. The van der Waals surface area contributed by atoms with E-state index in [4.69, 9.17) is 19.2 Å². The lowest BCUT2D eigenvalue weighted by atomic mass is 9.82. The Morgan fingerprint density at radius 1 is 1.06 bits per heavy atom. The lowest BCUT2D eigenvalue weighted by Gasteiger charge is -2.38. The van der Waals surface area contributed by atoms with E-state index in [0.717, 1.165) is 6.54 Å². The standard InChI is InChI=1S/C47H63N5O11/c1-9-18-48-33(55)23-34(56)62-32-15-10-11-21-61-46(8)44(59)37-35-36(41(57)29(7)43(37)63-46)42(58)40(39-38(35)50-47(51-39)16-19-52(20-17-47)24-25(2)3)49-45(60)27(5)14-12-13-26(4)30(53)22-31(54)28(32)6/h11-14,21,25-26,28,30-32,51,53-54,57H,9-10,15-20,22-24H2,1-8H3,(H,48,55)(H,49,60)/b13-12+,21-11+,27-14-/t26?,28-,30-,31?,32-,46+/m1/s1. The van der Waals surface area contributed by atoms with Gasteiger partial charge in [-0.1, -0.05) is 52.8 Å². The van der Waals surface area contributed by atoms with E-state index < -0.39 is 83.1 Å². The van der Waals surface area contributed by atoms with Gasteiger partial charge < -0.3 is 50.4 Å². The summed E-state index contributed by atoms with van der Waals surface area (Å²) in [4.78, 5) is 75.9. The number of allylic oxidation sites excluding steroid dienone is 5. The van der Waals surface area contributed by atoms with Gasteiger partial charge in [-0.3, -0.25) is 29.0 Å². The van der Waals surface area contributed by atoms with Gasteiger partial charge in [0.05, 0.1) is 41.0 Å². The molecule has 16 nitrogen and oxygen atoms in total. The largest absolute Gasteiger partial charge is 0.507 e. The van der Waals surface area contributed by atoms with Crippen LogP contribution in [0.1, 0.15) is 125 Å². The number of amides is 2. The van der Waals surface area contributed by atoms with Crippen molar-refractivity contribution in [2.24, 2.45) is 22.7 Å². The maximum absolute atomic E-state index is 14.7. The van der Waals surface area contributed by atoms with Crippen molar-refractivity contribution >= 4 is 35.1 Å². The van der Waals surface area contributed by atoms with Crippen LogP contribution in [0.4, 0.5) is 0 Å². The third kappa shape index (κ3) is 9.92. The summed E-state index contributed by atoms with van der Waals surface area (Å²) in [6.45, 7) is 16.9. The highest BCUT2D eigenvalue weighted by atomic mass is 16.7. The van der Waals surface area contributed by atoms with Crippen LogP contribution in [0.25, 0.3) is 0 Å². The molecule has 1 aliphatic carbocycles. The number of aliphatic hydroxyl groups excluding tert-OH is 2. The molecule has 4 aliphatic heterocycles. The fourth-order valence-corrected chi connectivity index (χ4v) is 8.68. The van der Waals surface area contributed by atoms with Crippen LogP contribution in [0, 0.1) is 24.7 Å². The Labute approximate surface area is 368 Å². The summed E-state index contributed by atoms with van der Waals surface area (Å²) in [6.07, 6.45) is 6.41. The molecule has 63 heavy (non-hydrogen) atoms. The summed E-state index contributed by atoms with van der Waals surface area (Å²) in [5, 5.41) is 43.1. The number of piperidine rings is 1. The van der Waals surface area contributed by atoms with E-state index in [1.165, 1.54) is 26.2 Å². The number of aliphatic imine (C=N–C) groups is 1. The van der Waals surface area contributed by atoms with Crippen molar-refractivity contribution in [3.8, 4) is 11.5 Å². The number of esters is 1. The highest BCUT2D eigenvalue weighted by molar-refractivity contribution is 6.34. The maximum Gasteiger partial charge on any atom is 0.315 e. The fourth-order valence-electron chi connectivity index (χ4n) is 8.68. The van der Waals surface area contributed by atoms with E-state index >= 15 is 0 Å². The third-order valence-corrected chi connectivity index (χ3v) is 12.6. The van der Waals surface area contributed by atoms with Crippen LogP contribution in [0.5, 0.6) is 11.5 Å². The van der Waals surface area contributed by atoms with Crippen LogP contribution in [-0.2, 0) is 23.9 Å². The molecular formula is C47H63N5O11. The molecule has 4 heterocycles. The normalized spacial score (nSPS) is 29.4. The highest BCUT2D eigenvalue weighted by Gasteiger charge is 2.54. The summed E-state index contributed by atoms with van der Waals surface area (Å²) in [7, 11) is 0. The first-order chi connectivity index (χ1) is 29.8. The number of benzene rings is 1. The average Bonchev–Trinajstić information content (AvgIpc) is 3.73. The number of phenolic OH excluding ortho intramolecular Hbond substituents is 1. The minimum absolute atomic E-state index is 0.0204. The van der Waals surface area contributed by atoms with Crippen molar-refractivity contribution in [3.63, 3.8) is 0 Å². The predicted octanol–water partition coefficient (Wildman–Crippen LogP) is 4.40. The molecule has 6 N–H and O–H groups in total. The molecule has 6 rings (SSSR count). The number of carbonyl (C=O) groups is 5. The SMILES string of the molecule is CCCNC(=O)CC(=O)O[C@@H]1CC/C=C/O[C@@]2(C)Oc3c(C)c(O)c4c(c3C2=O)C2=NC3(CCN(CC(C)C)CC3)NC2=C(NC(=O)/C(C)=C\C=C\C(C)[C@H](O)CC(O)[C@H]1C)C4=O. The Kier molecular flexibility index (Phi) is 14.4. The van der Waals surface area contributed by atoms with Gasteiger partial charge in [-0.05, 0) is 45.1 Å². The molecule has 5 bridgehead atoms. The zero-order valence-electron chi connectivity index (χ0n) is 37.6. The summed E-state index contributed by atoms with van der Waals surface area (Å²) in [5.41, 5.74) is -0.199. The van der Waals surface area contributed by atoms with Crippen molar-refractivity contribution in [1.82, 2.24) is 20.9 Å². The molecule has 1 spiro atoms. The Morgan fingerprint density at radius 2 is 1.78 bits per heavy atom. The molecule has 0 aromatic heterocycles. The van der Waals surface area contributed by atoms with Gasteiger partial charge >= 0.3 is 11.8 Å². The molecule has 1 fully saturated rings. The lowest BCUT2D eigenvalue weighted by molar-refractivity contribution is -0.156. The molecule has 6 atom stereocenters. The van der Waals surface area contributed by atoms with Crippen LogP contribution in [-0.4, -0.2) is 111 Å². The number of hydrogen-bond donors (Lipinski definition) is 6. The molecule has 1 saturated heterocycles. The van der Waals surface area contributed by atoms with Gasteiger partial charge in [-0.25, -0.2) is 0 Å². The molecule has 342 valence electrons. The quantitative estimate of drug-likeness (QED) is 0.165. The zero-order valence-corrected chi connectivity index (χ0v) is 37.6. The number of hydrogen-bond acceptors (Lipinski definition) is 14. The first-order valence-corrected chi connectivity index (χ1v) is 22.1. The second-order valence-corrected chi connectivity index (χ2v) is 18.1. The minimum atomic E-state index is -1.93. The minimum Gasteiger partial charge on any atom is -0.507 e. The molecule has 0 radical (unpaired) electrons. The molecule has 1 aromatic carbocycles. The van der Waals surface area contributed by atoms with Crippen LogP contribution >= 0.6 is 0 Å². The highest BCUT2D eigenvalue weighted by Crippen LogP contribution is 2.50. The van der Waals surface area contributed by atoms with Gasteiger partial charge in [-0.2, -0.15) is 0 Å². The molecular weight excluding hydrogens is 811 g/mol. The van der Waals surface area contributed by atoms with E-state index in [2.05, 4.69) is 34.7 Å². The number of aromatic hydroxyl groups is 1. The third-order valence-electron chi connectivity index (χ3n) is 12.6. The Morgan fingerprint density at radius 3 is 2.46 bits per heavy atom. The molecule has 2 amide bonds. The number of likely N-dealkylation sites (tertiary alicyclic amines) is 1. The van der Waals surface area contributed by atoms with E-state index in [0.29, 0.717) is 44.8 Å². The van der Waals surface area contributed by atoms with Gasteiger partial charge in [0.2, 0.25) is 11.7 Å². The van der Waals surface area contributed by atoms with Gasteiger partial charge in [0, 0.05) is 80.9 Å². The van der Waals surface area contributed by atoms with Crippen molar-refractivity contribution in [2.75, 3.05) is 26.2 Å². The van der Waals surface area contributed by atoms with Crippen LogP contribution in [0.2, 0.25) is 0 Å². The molecule has 0 saturated carbocycles. The molecule has 16 heteroatoms. The van der Waals surface area contributed by atoms with E-state index in [1.807, 2.05) is 6.92 Å². The second kappa shape index (κ2) is 19.2. The van der Waals surface area contributed by atoms with Crippen molar-refractivity contribution in [1.29, 1.82) is 0 Å². The van der Waals surface area contributed by atoms with Crippen molar-refractivity contribution in [2.45, 2.75) is 130 Å². The van der Waals surface area contributed by atoms with Crippen molar-refractivity contribution < 1.29 is 53.5 Å². The smallest absolute Gasteiger partial charge is 0.315 e. The monoisotopic (exact) mass is 873 g/mol. The van der Waals surface area contributed by atoms with Gasteiger partial charge in [-0.15, -0.1) is 0 Å². The molecule has 2 unspecified atom stereocenters. The van der Waals surface area contributed by atoms with Gasteiger partial charge in [0.15, 0.2) is 0 Å². The van der Waals surface area contributed by atoms with Gasteiger partial charge in [0.1, 0.15) is 35.4 Å². The zero-order chi connectivity index (χ0) is 46.0. The number of ether oxygens (including phenoxy) is 3. The van der Waals surface area contributed by atoms with E-state index in [1.54, 1.807) is 39.0 Å². The fraction of sp³-hybridized carbons (Fsp3) is 0.574. The molecule has 1 aromatic rings. The van der Waals surface area contributed by atoms with E-state index in [9.17, 15) is 39.3 Å². The van der Waals surface area contributed by atoms with Crippen LogP contribution < -0.4 is 20.7 Å². The number of Topliss-reactive ketones (excluding diaryl/α,β-unsaturated/α-hetero) is 2. The number of fused-ring (bicyclic) bond motifs is 3. The predicted molar refractivity (Wildman–Crippen MR) is 234 cm³/mol. The van der Waals surface area contributed by atoms with Crippen molar-refractivity contribution in [3.05, 3.63) is 69.8 Å². The average molecular weight is 874 g/mol. The number of carbonyl (C=O) groups excluding carboxylic acids is 5. The maximum atomic E-state index is 14.7. The summed E-state index contributed by atoms with van der Waals surface area (Å²) < 4.78 is 18.0.